The van der Waals surface area contributed by atoms with Crippen molar-refractivity contribution < 1.29 is 9.53 Å². The van der Waals surface area contributed by atoms with Crippen molar-refractivity contribution in [2.75, 3.05) is 12.9 Å². The quantitative estimate of drug-likeness (QED) is 0.432. The molecule has 0 fully saturated rings. The van der Waals surface area contributed by atoms with Gasteiger partial charge in [-0.05, 0) is 49.1 Å². The Balaban J connectivity index is 1.42. The Morgan fingerprint density at radius 1 is 1.23 bits per heavy atom. The summed E-state index contributed by atoms with van der Waals surface area (Å²) in [6, 6.07) is 13.3. The Kier molecular flexibility index (Phi) is 6.66. The molecule has 0 saturated heterocycles. The first-order chi connectivity index (χ1) is 15.1. The number of carbonyl (C=O) groups excluding carboxylic acids is 1. The zero-order chi connectivity index (χ0) is 21.6. The standard InChI is InChI=1S/C23H24N4O3S/c1-30-18-8-4-6-16(12-18)13-25-21(28)15-31-22-19-9-5-10-20(19)27(23(29)26-22)14-17-7-2-3-11-24-17/h2-4,6-8,11-12H,5,9-10,13-15H2,1H3,(H,25,28). The SMILES string of the molecule is COc1cccc(CNC(=O)CSc2nc(=O)n(Cc3ccccn3)c3c2CCC3)c1. The van der Waals surface area contributed by atoms with Gasteiger partial charge >= 0.3 is 5.69 Å². The maximum absolute atomic E-state index is 12.7. The molecule has 8 heteroatoms. The first-order valence-electron chi connectivity index (χ1n) is 10.2. The lowest BCUT2D eigenvalue weighted by Crippen LogP contribution is -2.29. The van der Waals surface area contributed by atoms with Gasteiger partial charge < -0.3 is 10.1 Å². The van der Waals surface area contributed by atoms with E-state index in [4.69, 9.17) is 4.74 Å². The molecule has 1 amide bonds. The third-order valence-electron chi connectivity index (χ3n) is 5.21. The topological polar surface area (TPSA) is 86.1 Å². The lowest BCUT2D eigenvalue weighted by atomic mass is 10.2. The molecule has 160 valence electrons. The predicted octanol–water partition coefficient (Wildman–Crippen LogP) is 2.59. The molecule has 1 aliphatic carbocycles. The molecule has 0 unspecified atom stereocenters. The average molecular weight is 437 g/mol. The number of thioether (sulfide) groups is 1. The van der Waals surface area contributed by atoms with Crippen LogP contribution in [0.5, 0.6) is 5.75 Å². The number of benzene rings is 1. The van der Waals surface area contributed by atoms with E-state index < -0.39 is 0 Å². The van der Waals surface area contributed by atoms with Crippen LogP contribution in [0, 0.1) is 0 Å². The molecule has 0 aliphatic heterocycles. The van der Waals surface area contributed by atoms with E-state index in [2.05, 4.69) is 15.3 Å². The fraction of sp³-hybridized carbons (Fsp3) is 0.304. The summed E-state index contributed by atoms with van der Waals surface area (Å²) in [5.41, 5.74) is 3.61. The number of methoxy groups -OCH3 is 1. The fourth-order valence-corrected chi connectivity index (χ4v) is 4.60. The number of hydrogen-bond donors (Lipinski definition) is 1. The highest BCUT2D eigenvalue weighted by Crippen LogP contribution is 2.29. The van der Waals surface area contributed by atoms with Crippen LogP contribution in [0.2, 0.25) is 0 Å². The average Bonchev–Trinajstić information content (AvgIpc) is 3.29. The lowest BCUT2D eigenvalue weighted by molar-refractivity contribution is -0.118. The molecular formula is C23H24N4O3S. The Morgan fingerprint density at radius 3 is 2.94 bits per heavy atom. The number of carbonyl (C=O) groups is 1. The van der Waals surface area contributed by atoms with Gasteiger partial charge in [-0.3, -0.25) is 14.3 Å². The minimum absolute atomic E-state index is 0.0981. The Labute approximate surface area is 184 Å². The summed E-state index contributed by atoms with van der Waals surface area (Å²) in [6.07, 6.45) is 4.43. The molecule has 0 radical (unpaired) electrons. The van der Waals surface area contributed by atoms with Gasteiger partial charge in [0.25, 0.3) is 0 Å². The molecule has 4 rings (SSSR count). The number of aromatic nitrogens is 3. The van der Waals surface area contributed by atoms with Gasteiger partial charge in [-0.15, -0.1) is 0 Å². The maximum atomic E-state index is 12.7. The molecule has 2 aromatic heterocycles. The summed E-state index contributed by atoms with van der Waals surface area (Å²) in [5.74, 6) is 0.874. The van der Waals surface area contributed by atoms with Crippen LogP contribution in [0.25, 0.3) is 0 Å². The van der Waals surface area contributed by atoms with E-state index in [1.165, 1.54) is 11.8 Å². The van der Waals surface area contributed by atoms with Crippen LogP contribution < -0.4 is 15.7 Å². The predicted molar refractivity (Wildman–Crippen MR) is 119 cm³/mol. The molecule has 1 aliphatic rings. The van der Waals surface area contributed by atoms with E-state index in [9.17, 15) is 9.59 Å². The minimum atomic E-state index is -0.286. The van der Waals surface area contributed by atoms with Crippen LogP contribution in [0.3, 0.4) is 0 Å². The zero-order valence-corrected chi connectivity index (χ0v) is 18.2. The number of rotatable bonds is 8. The Bertz CT molecular complexity index is 1130. The van der Waals surface area contributed by atoms with Crippen LogP contribution in [-0.4, -0.2) is 33.3 Å². The number of hydrogen-bond acceptors (Lipinski definition) is 6. The van der Waals surface area contributed by atoms with Crippen LogP contribution >= 0.6 is 11.8 Å². The number of pyridine rings is 1. The first-order valence-corrected chi connectivity index (χ1v) is 11.2. The smallest absolute Gasteiger partial charge is 0.349 e. The van der Waals surface area contributed by atoms with Crippen LogP contribution in [0.15, 0.2) is 58.5 Å². The van der Waals surface area contributed by atoms with E-state index >= 15 is 0 Å². The van der Waals surface area contributed by atoms with Crippen LogP contribution in [-0.2, 0) is 30.7 Å². The van der Waals surface area contributed by atoms with Gasteiger partial charge in [-0.2, -0.15) is 4.98 Å². The molecule has 2 heterocycles. The highest BCUT2D eigenvalue weighted by Gasteiger charge is 2.22. The second-order valence-corrected chi connectivity index (χ2v) is 8.27. The molecule has 0 atom stereocenters. The van der Waals surface area contributed by atoms with Crippen molar-refractivity contribution in [3.63, 3.8) is 0 Å². The van der Waals surface area contributed by atoms with Gasteiger partial charge in [-0.1, -0.05) is 30.0 Å². The van der Waals surface area contributed by atoms with E-state index in [-0.39, 0.29) is 17.3 Å². The number of nitrogens with one attached hydrogen (secondary N) is 1. The lowest BCUT2D eigenvalue weighted by Gasteiger charge is -2.14. The first kappa shape index (κ1) is 21.1. The van der Waals surface area contributed by atoms with E-state index in [0.29, 0.717) is 18.1 Å². The van der Waals surface area contributed by atoms with E-state index in [1.807, 2.05) is 42.5 Å². The number of amides is 1. The van der Waals surface area contributed by atoms with Crippen LogP contribution in [0.4, 0.5) is 0 Å². The molecule has 31 heavy (non-hydrogen) atoms. The number of fused-ring (bicyclic) bond motifs is 1. The van der Waals surface area contributed by atoms with Gasteiger partial charge in [0.15, 0.2) is 0 Å². The normalized spacial score (nSPS) is 12.4. The summed E-state index contributed by atoms with van der Waals surface area (Å²) in [7, 11) is 1.62. The molecule has 0 spiro atoms. The van der Waals surface area contributed by atoms with Gasteiger partial charge in [0.05, 0.1) is 25.1 Å². The summed E-state index contributed by atoms with van der Waals surface area (Å²) < 4.78 is 6.93. The minimum Gasteiger partial charge on any atom is -0.497 e. The molecule has 1 N–H and O–H groups in total. The molecule has 1 aromatic carbocycles. The van der Waals surface area contributed by atoms with Crippen LogP contribution in [0.1, 0.15) is 28.9 Å². The molecular weight excluding hydrogens is 412 g/mol. The highest BCUT2D eigenvalue weighted by molar-refractivity contribution is 7.99. The third kappa shape index (κ3) is 5.14. The van der Waals surface area contributed by atoms with Gasteiger partial charge in [-0.25, -0.2) is 4.79 Å². The van der Waals surface area contributed by atoms with Crippen molar-refractivity contribution >= 4 is 17.7 Å². The highest BCUT2D eigenvalue weighted by atomic mass is 32.2. The second-order valence-electron chi connectivity index (χ2n) is 7.30. The number of nitrogens with zero attached hydrogens (tertiary/aromatic N) is 3. The number of ether oxygens (including phenoxy) is 1. The van der Waals surface area contributed by atoms with E-state index in [0.717, 1.165) is 47.5 Å². The van der Waals surface area contributed by atoms with Gasteiger partial charge in [0, 0.05) is 24.0 Å². The Hall–Kier alpha value is -3.13. The molecule has 7 nitrogen and oxygen atoms in total. The molecule has 3 aromatic rings. The summed E-state index contributed by atoms with van der Waals surface area (Å²) >= 11 is 1.33. The van der Waals surface area contributed by atoms with Crippen molar-refractivity contribution in [1.82, 2.24) is 19.9 Å². The third-order valence-corrected chi connectivity index (χ3v) is 6.23. The van der Waals surface area contributed by atoms with Crippen molar-refractivity contribution in [2.45, 2.75) is 37.4 Å². The molecule has 0 saturated carbocycles. The van der Waals surface area contributed by atoms with Gasteiger partial charge in [0.2, 0.25) is 5.91 Å². The molecule has 0 bridgehead atoms. The van der Waals surface area contributed by atoms with E-state index in [1.54, 1.807) is 17.9 Å². The summed E-state index contributed by atoms with van der Waals surface area (Å²) in [4.78, 5) is 33.7. The Morgan fingerprint density at radius 2 is 2.13 bits per heavy atom. The van der Waals surface area contributed by atoms with Crippen molar-refractivity contribution in [3.05, 3.63) is 81.7 Å². The van der Waals surface area contributed by atoms with Crippen molar-refractivity contribution in [1.29, 1.82) is 0 Å². The van der Waals surface area contributed by atoms with Crippen molar-refractivity contribution in [2.24, 2.45) is 0 Å². The fourth-order valence-electron chi connectivity index (χ4n) is 3.69. The second kappa shape index (κ2) is 9.78. The largest absolute Gasteiger partial charge is 0.497 e. The maximum Gasteiger partial charge on any atom is 0.349 e. The van der Waals surface area contributed by atoms with Gasteiger partial charge in [0.1, 0.15) is 10.8 Å². The van der Waals surface area contributed by atoms with Crippen molar-refractivity contribution in [3.8, 4) is 5.75 Å². The monoisotopic (exact) mass is 436 g/mol. The summed E-state index contributed by atoms with van der Waals surface area (Å²) in [5, 5.41) is 3.58. The summed E-state index contributed by atoms with van der Waals surface area (Å²) in [6.45, 7) is 0.842. The zero-order valence-electron chi connectivity index (χ0n) is 17.3.